The number of hydrogen-bond donors (Lipinski definition) is 1. The number of ether oxygens (including phenoxy) is 2. The van der Waals surface area contributed by atoms with Gasteiger partial charge in [0.05, 0.1) is 31.1 Å². The summed E-state index contributed by atoms with van der Waals surface area (Å²) < 4.78 is 15.3. The molecule has 11 heteroatoms. The standard InChI is InChI=1S/C22H24N4O7/c1-31-16-9-5-4-8-15(16)23-18(27)10-17-24-19(33-25-17)12-32-20(28)11-26-21(29)13-6-2-3-7-14(13)22(26)30/h4-5,8-9,13-14H,2-3,6-7,10-12H2,1H3,(H,23,27). The van der Waals surface area contributed by atoms with Gasteiger partial charge < -0.3 is 19.3 Å². The number of rotatable bonds is 8. The Morgan fingerprint density at radius 2 is 1.85 bits per heavy atom. The average Bonchev–Trinajstić information content (AvgIpc) is 3.36. The van der Waals surface area contributed by atoms with Crippen molar-refractivity contribution in [3.63, 3.8) is 0 Å². The largest absolute Gasteiger partial charge is 0.495 e. The molecule has 1 aromatic heterocycles. The monoisotopic (exact) mass is 456 g/mol. The van der Waals surface area contributed by atoms with Crippen LogP contribution in [0.15, 0.2) is 28.8 Å². The van der Waals surface area contributed by atoms with Crippen molar-refractivity contribution in [2.24, 2.45) is 11.8 Å². The molecule has 4 rings (SSSR count). The summed E-state index contributed by atoms with van der Waals surface area (Å²) in [5.41, 5.74) is 0.508. The average molecular weight is 456 g/mol. The summed E-state index contributed by atoms with van der Waals surface area (Å²) in [6, 6.07) is 6.95. The van der Waals surface area contributed by atoms with E-state index in [1.165, 1.54) is 7.11 Å². The highest BCUT2D eigenvalue weighted by Crippen LogP contribution is 2.37. The molecule has 2 unspecified atom stereocenters. The number of aromatic nitrogens is 2. The van der Waals surface area contributed by atoms with E-state index in [1.807, 2.05) is 0 Å². The third-order valence-corrected chi connectivity index (χ3v) is 5.79. The minimum absolute atomic E-state index is 0.00353. The first-order valence-electron chi connectivity index (χ1n) is 10.7. The Bertz CT molecular complexity index is 1040. The topological polar surface area (TPSA) is 141 Å². The smallest absolute Gasteiger partial charge is 0.326 e. The van der Waals surface area contributed by atoms with Gasteiger partial charge >= 0.3 is 5.97 Å². The Balaban J connectivity index is 1.26. The maximum Gasteiger partial charge on any atom is 0.326 e. The van der Waals surface area contributed by atoms with Crippen LogP contribution >= 0.6 is 0 Å². The SMILES string of the molecule is COc1ccccc1NC(=O)Cc1noc(COC(=O)CN2C(=O)C3CCCCC3C2=O)n1. The van der Waals surface area contributed by atoms with Gasteiger partial charge in [-0.2, -0.15) is 4.98 Å². The number of carbonyl (C=O) groups is 4. The van der Waals surface area contributed by atoms with Crippen molar-refractivity contribution in [1.29, 1.82) is 0 Å². The van der Waals surface area contributed by atoms with Crippen LogP contribution < -0.4 is 10.1 Å². The van der Waals surface area contributed by atoms with Gasteiger partial charge in [-0.1, -0.05) is 30.1 Å². The predicted molar refractivity (Wildman–Crippen MR) is 112 cm³/mol. The molecule has 11 nitrogen and oxygen atoms in total. The number of amides is 3. The van der Waals surface area contributed by atoms with Crippen molar-refractivity contribution >= 4 is 29.4 Å². The highest BCUT2D eigenvalue weighted by molar-refractivity contribution is 6.07. The van der Waals surface area contributed by atoms with Crippen LogP contribution in [-0.4, -0.2) is 52.4 Å². The lowest BCUT2D eigenvalue weighted by atomic mass is 9.81. The Labute approximate surface area is 189 Å². The highest BCUT2D eigenvalue weighted by atomic mass is 16.6. The number of likely N-dealkylation sites (tertiary alicyclic amines) is 1. The Hall–Kier alpha value is -3.76. The molecule has 1 aliphatic heterocycles. The molecule has 33 heavy (non-hydrogen) atoms. The molecular formula is C22H24N4O7. The zero-order valence-electron chi connectivity index (χ0n) is 18.1. The summed E-state index contributed by atoms with van der Waals surface area (Å²) in [7, 11) is 1.50. The van der Waals surface area contributed by atoms with E-state index in [0.717, 1.165) is 17.7 Å². The van der Waals surface area contributed by atoms with Gasteiger partial charge in [-0.15, -0.1) is 0 Å². The molecule has 0 spiro atoms. The van der Waals surface area contributed by atoms with Gasteiger partial charge in [-0.3, -0.25) is 24.1 Å². The van der Waals surface area contributed by atoms with E-state index in [0.29, 0.717) is 24.3 Å². The van der Waals surface area contributed by atoms with Gasteiger partial charge in [0.25, 0.3) is 5.89 Å². The molecule has 0 radical (unpaired) electrons. The lowest BCUT2D eigenvalue weighted by Gasteiger charge is -2.19. The summed E-state index contributed by atoms with van der Waals surface area (Å²) in [5, 5.41) is 6.41. The molecule has 1 saturated carbocycles. The first-order chi connectivity index (χ1) is 16.0. The van der Waals surface area contributed by atoms with Crippen molar-refractivity contribution in [2.75, 3.05) is 19.0 Å². The number of nitrogens with one attached hydrogen (secondary N) is 1. The highest BCUT2D eigenvalue weighted by Gasteiger charge is 2.48. The molecule has 1 N–H and O–H groups in total. The molecule has 0 bridgehead atoms. The first-order valence-corrected chi connectivity index (χ1v) is 10.7. The Morgan fingerprint density at radius 1 is 1.15 bits per heavy atom. The molecule has 2 heterocycles. The first kappa shape index (κ1) is 22.4. The molecule has 1 saturated heterocycles. The molecule has 2 atom stereocenters. The van der Waals surface area contributed by atoms with Crippen LogP contribution in [0.1, 0.15) is 37.4 Å². The molecular weight excluding hydrogens is 432 g/mol. The number of para-hydroxylation sites is 2. The van der Waals surface area contributed by atoms with Gasteiger partial charge in [-0.05, 0) is 25.0 Å². The zero-order chi connectivity index (χ0) is 23.4. The van der Waals surface area contributed by atoms with E-state index in [1.54, 1.807) is 24.3 Å². The van der Waals surface area contributed by atoms with E-state index in [-0.39, 0.29) is 54.3 Å². The quantitative estimate of drug-likeness (QED) is 0.462. The summed E-state index contributed by atoms with van der Waals surface area (Å²) in [6.45, 7) is -0.768. The lowest BCUT2D eigenvalue weighted by molar-refractivity contribution is -0.154. The van der Waals surface area contributed by atoms with Crippen molar-refractivity contribution in [1.82, 2.24) is 15.0 Å². The van der Waals surface area contributed by atoms with Gasteiger partial charge in [0.15, 0.2) is 12.4 Å². The molecule has 1 aliphatic carbocycles. The third kappa shape index (κ3) is 5.02. The number of methoxy groups -OCH3 is 1. The Morgan fingerprint density at radius 3 is 2.55 bits per heavy atom. The number of fused-ring (bicyclic) bond motifs is 1. The number of nitrogens with zero attached hydrogens (tertiary/aromatic N) is 3. The van der Waals surface area contributed by atoms with Crippen molar-refractivity contribution in [2.45, 2.75) is 38.7 Å². The summed E-state index contributed by atoms with van der Waals surface area (Å²) in [6.07, 6.45) is 3.02. The van der Waals surface area contributed by atoms with Crippen LogP contribution in [-0.2, 0) is 36.9 Å². The third-order valence-electron chi connectivity index (χ3n) is 5.79. The molecule has 3 amide bonds. The van der Waals surface area contributed by atoms with Crippen molar-refractivity contribution in [3.8, 4) is 5.75 Å². The van der Waals surface area contributed by atoms with Gasteiger partial charge in [0, 0.05) is 0 Å². The second-order valence-corrected chi connectivity index (χ2v) is 7.95. The number of imide groups is 1. The fourth-order valence-corrected chi connectivity index (χ4v) is 4.21. The second-order valence-electron chi connectivity index (χ2n) is 7.95. The molecule has 2 aromatic rings. The molecule has 2 fully saturated rings. The van der Waals surface area contributed by atoms with E-state index in [4.69, 9.17) is 14.0 Å². The van der Waals surface area contributed by atoms with Crippen LogP contribution in [0.4, 0.5) is 5.69 Å². The minimum atomic E-state index is -0.746. The molecule has 174 valence electrons. The predicted octanol–water partition coefficient (Wildman–Crippen LogP) is 1.48. The van der Waals surface area contributed by atoms with E-state index in [9.17, 15) is 19.2 Å². The maximum absolute atomic E-state index is 12.4. The van der Waals surface area contributed by atoms with Gasteiger partial charge in [0.1, 0.15) is 12.3 Å². The normalized spacial score (nSPS) is 19.8. The van der Waals surface area contributed by atoms with Crippen molar-refractivity contribution < 1.29 is 33.2 Å². The van der Waals surface area contributed by atoms with E-state index in [2.05, 4.69) is 15.5 Å². The Kier molecular flexibility index (Phi) is 6.66. The number of carbonyl (C=O) groups excluding carboxylic acids is 4. The maximum atomic E-state index is 12.4. The number of anilines is 1. The van der Waals surface area contributed by atoms with Crippen LogP contribution in [0, 0.1) is 11.8 Å². The van der Waals surface area contributed by atoms with Crippen LogP contribution in [0.3, 0.4) is 0 Å². The van der Waals surface area contributed by atoms with E-state index >= 15 is 0 Å². The summed E-state index contributed by atoms with van der Waals surface area (Å²) in [5.74, 6) is -1.75. The van der Waals surface area contributed by atoms with Crippen molar-refractivity contribution in [3.05, 3.63) is 36.0 Å². The minimum Gasteiger partial charge on any atom is -0.495 e. The van der Waals surface area contributed by atoms with Crippen LogP contribution in [0.5, 0.6) is 5.75 Å². The second kappa shape index (κ2) is 9.80. The zero-order valence-corrected chi connectivity index (χ0v) is 18.1. The number of esters is 1. The molecule has 1 aromatic carbocycles. The number of benzene rings is 1. The van der Waals surface area contributed by atoms with Crippen LogP contribution in [0.2, 0.25) is 0 Å². The summed E-state index contributed by atoms with van der Waals surface area (Å²) >= 11 is 0. The van der Waals surface area contributed by atoms with Gasteiger partial charge in [0.2, 0.25) is 17.7 Å². The van der Waals surface area contributed by atoms with Crippen LogP contribution in [0.25, 0.3) is 0 Å². The summed E-state index contributed by atoms with van der Waals surface area (Å²) in [4.78, 5) is 54.3. The van der Waals surface area contributed by atoms with Gasteiger partial charge in [-0.25, -0.2) is 0 Å². The number of hydrogen-bond acceptors (Lipinski definition) is 9. The fourth-order valence-electron chi connectivity index (χ4n) is 4.21. The fraction of sp³-hybridized carbons (Fsp3) is 0.455. The van der Waals surface area contributed by atoms with E-state index < -0.39 is 12.5 Å². The lowest BCUT2D eigenvalue weighted by Crippen LogP contribution is -2.36. The molecule has 2 aliphatic rings.